The van der Waals surface area contributed by atoms with Crippen molar-refractivity contribution in [1.29, 1.82) is 0 Å². The summed E-state index contributed by atoms with van der Waals surface area (Å²) < 4.78 is 38.6. The summed E-state index contributed by atoms with van der Waals surface area (Å²) in [5.74, 6) is 0. The van der Waals surface area contributed by atoms with Crippen LogP contribution in [0.2, 0.25) is 0 Å². The van der Waals surface area contributed by atoms with Crippen LogP contribution in [0.3, 0.4) is 0 Å². The van der Waals surface area contributed by atoms with Crippen LogP contribution in [0.1, 0.15) is 11.1 Å². The van der Waals surface area contributed by atoms with Gasteiger partial charge in [-0.1, -0.05) is 0 Å². The lowest BCUT2D eigenvalue weighted by atomic mass is 10.1. The van der Waals surface area contributed by atoms with Gasteiger partial charge in [0, 0.05) is 5.56 Å². The molecule has 3 nitrogen and oxygen atoms in total. The van der Waals surface area contributed by atoms with Crippen LogP contribution in [0.4, 0.5) is 13.2 Å². The molecular formula is C8H5F3N2OS. The van der Waals surface area contributed by atoms with Gasteiger partial charge in [0.15, 0.2) is 5.65 Å². The maximum atomic E-state index is 12.5. The summed E-state index contributed by atoms with van der Waals surface area (Å²) in [4.78, 5) is 15.2. The Kier molecular flexibility index (Phi) is 2.07. The molecule has 0 atom stereocenters. The Hall–Kier alpha value is -1.37. The van der Waals surface area contributed by atoms with Crippen molar-refractivity contribution in [3.05, 3.63) is 33.1 Å². The van der Waals surface area contributed by atoms with Crippen molar-refractivity contribution < 1.29 is 13.2 Å². The molecule has 0 bridgehead atoms. The third kappa shape index (κ3) is 1.52. The maximum absolute atomic E-state index is 12.5. The number of pyridine rings is 1. The molecule has 0 radical (unpaired) electrons. The summed E-state index contributed by atoms with van der Waals surface area (Å²) in [5.41, 5.74) is -0.524. The smallest absolute Gasteiger partial charge is 0.268 e. The molecule has 2 heterocycles. The molecule has 0 saturated carbocycles. The number of hydrogen-bond acceptors (Lipinski definition) is 3. The third-order valence-corrected chi connectivity index (χ3v) is 2.80. The summed E-state index contributed by atoms with van der Waals surface area (Å²) in [6.45, 7) is 1.16. The molecule has 2 aromatic rings. The molecule has 0 spiro atoms. The highest BCUT2D eigenvalue weighted by Crippen LogP contribution is 2.31. The van der Waals surface area contributed by atoms with E-state index in [9.17, 15) is 18.0 Å². The lowest BCUT2D eigenvalue weighted by Crippen LogP contribution is -2.20. The van der Waals surface area contributed by atoms with Crippen LogP contribution in [0.5, 0.6) is 0 Å². The van der Waals surface area contributed by atoms with Crippen LogP contribution in [0, 0.1) is 6.92 Å². The minimum absolute atomic E-state index is 0.0305. The van der Waals surface area contributed by atoms with Gasteiger partial charge in [0.25, 0.3) is 5.56 Å². The van der Waals surface area contributed by atoms with E-state index in [1.807, 2.05) is 0 Å². The third-order valence-electron chi connectivity index (χ3n) is 2.03. The predicted octanol–water partition coefficient (Wildman–Crippen LogP) is 2.08. The molecule has 2 rings (SSSR count). The van der Waals surface area contributed by atoms with E-state index in [4.69, 9.17) is 0 Å². The Bertz CT molecular complexity index is 569. The van der Waals surface area contributed by atoms with Crippen molar-refractivity contribution in [2.24, 2.45) is 0 Å². The molecule has 0 aliphatic heterocycles. The topological polar surface area (TPSA) is 34.4 Å². The predicted molar refractivity (Wildman–Crippen MR) is 49.1 cm³/mol. The zero-order chi connectivity index (χ0) is 11.2. The normalized spacial score (nSPS) is 12.3. The SMILES string of the molecule is Cc1c(C(F)(F)F)cc2ncsn2c1=O. The number of alkyl halides is 3. The van der Waals surface area contributed by atoms with E-state index in [0.717, 1.165) is 28.3 Å². The molecule has 0 fully saturated rings. The summed E-state index contributed by atoms with van der Waals surface area (Å²) in [7, 11) is 0. The monoisotopic (exact) mass is 234 g/mol. The van der Waals surface area contributed by atoms with Crippen LogP contribution in [0.25, 0.3) is 5.65 Å². The fourth-order valence-corrected chi connectivity index (χ4v) is 1.97. The minimum atomic E-state index is -4.51. The van der Waals surface area contributed by atoms with Gasteiger partial charge in [-0.2, -0.15) is 13.2 Å². The average Bonchev–Trinajstić information content (AvgIpc) is 2.57. The Morgan fingerprint density at radius 3 is 2.73 bits per heavy atom. The van der Waals surface area contributed by atoms with Crippen LogP contribution < -0.4 is 5.56 Å². The second-order valence-corrected chi connectivity index (χ2v) is 3.77. The number of hydrogen-bond donors (Lipinski definition) is 0. The quantitative estimate of drug-likeness (QED) is 0.699. The maximum Gasteiger partial charge on any atom is 0.416 e. The molecule has 0 saturated heterocycles. The first kappa shape index (κ1) is 10.2. The first-order valence-electron chi connectivity index (χ1n) is 3.95. The van der Waals surface area contributed by atoms with Gasteiger partial charge >= 0.3 is 6.18 Å². The fourth-order valence-electron chi connectivity index (χ4n) is 1.28. The van der Waals surface area contributed by atoms with Crippen molar-refractivity contribution in [2.75, 3.05) is 0 Å². The Morgan fingerprint density at radius 2 is 2.13 bits per heavy atom. The van der Waals surface area contributed by atoms with Crippen LogP contribution >= 0.6 is 11.5 Å². The summed E-state index contributed by atoms with van der Waals surface area (Å²) in [6, 6.07) is 0.882. The van der Waals surface area contributed by atoms with Crippen LogP contribution in [0.15, 0.2) is 16.4 Å². The number of nitrogens with zero attached hydrogens (tertiary/aromatic N) is 2. The molecule has 7 heteroatoms. The van der Waals surface area contributed by atoms with Crippen LogP contribution in [-0.2, 0) is 6.18 Å². The molecular weight excluding hydrogens is 229 g/mol. The summed E-state index contributed by atoms with van der Waals surface area (Å²) in [5, 5.41) is 0. The molecule has 80 valence electrons. The standard InChI is InChI=1S/C8H5F3N2OS/c1-4-5(8(9,10)11)2-6-12-3-15-13(6)7(4)14/h2-3H,1H3. The molecule has 0 amide bonds. The van der Waals surface area contributed by atoms with E-state index in [1.165, 1.54) is 5.51 Å². The van der Waals surface area contributed by atoms with Gasteiger partial charge in [-0.25, -0.2) is 8.77 Å². The van der Waals surface area contributed by atoms with Gasteiger partial charge in [0.2, 0.25) is 0 Å². The lowest BCUT2D eigenvalue weighted by molar-refractivity contribution is -0.138. The largest absolute Gasteiger partial charge is 0.416 e. The van der Waals surface area contributed by atoms with E-state index in [0.29, 0.717) is 0 Å². The van der Waals surface area contributed by atoms with Crippen molar-refractivity contribution in [3.8, 4) is 0 Å². The molecule has 15 heavy (non-hydrogen) atoms. The highest BCUT2D eigenvalue weighted by atomic mass is 32.1. The van der Waals surface area contributed by atoms with Gasteiger partial charge in [-0.05, 0) is 24.5 Å². The fraction of sp³-hybridized carbons (Fsp3) is 0.250. The molecule has 0 N–H and O–H groups in total. The molecule has 0 aliphatic carbocycles. The molecule has 0 aliphatic rings. The molecule has 0 aromatic carbocycles. The number of fused-ring (bicyclic) bond motifs is 1. The van der Waals surface area contributed by atoms with E-state index in [1.54, 1.807) is 0 Å². The highest BCUT2D eigenvalue weighted by molar-refractivity contribution is 7.04. The van der Waals surface area contributed by atoms with Crippen molar-refractivity contribution in [1.82, 2.24) is 8.77 Å². The zero-order valence-electron chi connectivity index (χ0n) is 7.50. The highest BCUT2D eigenvalue weighted by Gasteiger charge is 2.34. The van der Waals surface area contributed by atoms with E-state index < -0.39 is 17.3 Å². The van der Waals surface area contributed by atoms with Crippen molar-refractivity contribution >= 4 is 17.2 Å². The summed E-state index contributed by atoms with van der Waals surface area (Å²) in [6.07, 6.45) is -4.51. The van der Waals surface area contributed by atoms with Gasteiger partial charge in [-0.15, -0.1) is 0 Å². The number of halogens is 3. The van der Waals surface area contributed by atoms with E-state index in [2.05, 4.69) is 4.98 Å². The number of rotatable bonds is 0. The number of aromatic nitrogens is 2. The van der Waals surface area contributed by atoms with E-state index in [-0.39, 0.29) is 11.2 Å². The summed E-state index contributed by atoms with van der Waals surface area (Å²) >= 11 is 0.973. The van der Waals surface area contributed by atoms with Crippen LogP contribution in [-0.4, -0.2) is 8.77 Å². The second kappa shape index (κ2) is 3.06. The van der Waals surface area contributed by atoms with Gasteiger partial charge in [-0.3, -0.25) is 4.79 Å². The van der Waals surface area contributed by atoms with Crippen molar-refractivity contribution in [3.63, 3.8) is 0 Å². The van der Waals surface area contributed by atoms with E-state index >= 15 is 0 Å². The van der Waals surface area contributed by atoms with Gasteiger partial charge < -0.3 is 0 Å². The Morgan fingerprint density at radius 1 is 1.47 bits per heavy atom. The second-order valence-electron chi connectivity index (χ2n) is 2.98. The molecule has 0 unspecified atom stereocenters. The Balaban J connectivity index is 2.88. The Labute approximate surface area is 85.9 Å². The lowest BCUT2D eigenvalue weighted by Gasteiger charge is -2.08. The minimum Gasteiger partial charge on any atom is -0.268 e. The van der Waals surface area contributed by atoms with Gasteiger partial charge in [0.1, 0.15) is 0 Å². The zero-order valence-corrected chi connectivity index (χ0v) is 8.32. The average molecular weight is 234 g/mol. The first-order chi connectivity index (χ1) is 6.91. The van der Waals surface area contributed by atoms with Gasteiger partial charge in [0.05, 0.1) is 11.1 Å². The first-order valence-corrected chi connectivity index (χ1v) is 4.78. The van der Waals surface area contributed by atoms with Crippen molar-refractivity contribution in [2.45, 2.75) is 13.1 Å². The molecule has 2 aromatic heterocycles.